The number of hydrogen-bond acceptors (Lipinski definition) is 3. The van der Waals surface area contributed by atoms with E-state index < -0.39 is 0 Å². The quantitative estimate of drug-likeness (QED) is 0.771. The summed E-state index contributed by atoms with van der Waals surface area (Å²) in [5, 5.41) is 3.24. The van der Waals surface area contributed by atoms with Crippen molar-refractivity contribution in [2.24, 2.45) is 0 Å². The molecule has 0 radical (unpaired) electrons. The summed E-state index contributed by atoms with van der Waals surface area (Å²) in [5.74, 6) is 0.749. The van der Waals surface area contributed by atoms with Crippen molar-refractivity contribution >= 4 is 17.7 Å². The smallest absolute Gasteiger partial charge is 0.229 e. The lowest BCUT2D eigenvalue weighted by molar-refractivity contribution is -0.122. The van der Waals surface area contributed by atoms with Gasteiger partial charge in [-0.2, -0.15) is 0 Å². The first-order valence-corrected chi connectivity index (χ1v) is 9.28. The summed E-state index contributed by atoms with van der Waals surface area (Å²) >= 11 is 1.75. The number of rotatable bonds is 4. The van der Waals surface area contributed by atoms with Gasteiger partial charge in [-0.15, -0.1) is 11.8 Å². The van der Waals surface area contributed by atoms with E-state index in [9.17, 15) is 4.79 Å². The average molecular weight is 346 g/mol. The minimum Gasteiger partial charge on any atom is -0.345 e. The van der Waals surface area contributed by atoms with E-state index in [0.29, 0.717) is 0 Å². The molecule has 0 saturated carbocycles. The van der Waals surface area contributed by atoms with E-state index in [0.717, 1.165) is 22.4 Å². The molecule has 2 atom stereocenters. The molecule has 4 heteroatoms. The second kappa shape index (κ2) is 7.11. The fraction of sp³-hybridized carbons (Fsp3) is 0.143. The SMILES string of the molecule is O=C(N[C@H](c1ccccc1)c1cccnc1)[C@@H]1CSc2ccccc21. The second-order valence-corrected chi connectivity index (χ2v) is 7.10. The Bertz CT molecular complexity index is 828. The summed E-state index contributed by atoms with van der Waals surface area (Å²) in [5.41, 5.74) is 3.17. The first kappa shape index (κ1) is 15.9. The van der Waals surface area contributed by atoms with Crippen molar-refractivity contribution in [3.05, 3.63) is 95.8 Å². The molecule has 1 amide bonds. The topological polar surface area (TPSA) is 42.0 Å². The third kappa shape index (κ3) is 3.30. The van der Waals surface area contributed by atoms with Crippen LogP contribution in [0.3, 0.4) is 0 Å². The first-order valence-electron chi connectivity index (χ1n) is 8.30. The molecule has 0 bridgehead atoms. The normalized spacial score (nSPS) is 16.9. The van der Waals surface area contributed by atoms with Gasteiger partial charge in [-0.3, -0.25) is 9.78 Å². The number of thioether (sulfide) groups is 1. The number of nitrogens with one attached hydrogen (secondary N) is 1. The Kier molecular flexibility index (Phi) is 4.53. The molecule has 4 rings (SSSR count). The molecule has 3 nitrogen and oxygen atoms in total. The zero-order valence-electron chi connectivity index (χ0n) is 13.6. The second-order valence-electron chi connectivity index (χ2n) is 6.04. The van der Waals surface area contributed by atoms with Gasteiger partial charge in [0.05, 0.1) is 12.0 Å². The van der Waals surface area contributed by atoms with Crippen molar-refractivity contribution in [3.63, 3.8) is 0 Å². The molecule has 0 saturated heterocycles. The number of nitrogens with zero attached hydrogens (tertiary/aromatic N) is 1. The summed E-state index contributed by atoms with van der Waals surface area (Å²) in [7, 11) is 0. The van der Waals surface area contributed by atoms with Gasteiger partial charge < -0.3 is 5.32 Å². The maximum Gasteiger partial charge on any atom is 0.229 e. The van der Waals surface area contributed by atoms with E-state index in [-0.39, 0.29) is 17.9 Å². The maximum atomic E-state index is 13.0. The Balaban J connectivity index is 1.62. The zero-order valence-corrected chi connectivity index (χ0v) is 14.4. The van der Waals surface area contributed by atoms with Crippen molar-refractivity contribution in [2.45, 2.75) is 16.9 Å². The van der Waals surface area contributed by atoms with Gasteiger partial charge in [0, 0.05) is 23.0 Å². The fourth-order valence-corrected chi connectivity index (χ4v) is 4.40. The van der Waals surface area contributed by atoms with Crippen LogP contribution in [-0.4, -0.2) is 16.6 Å². The number of pyridine rings is 1. The highest BCUT2D eigenvalue weighted by Gasteiger charge is 2.30. The molecule has 0 unspecified atom stereocenters. The monoisotopic (exact) mass is 346 g/mol. The van der Waals surface area contributed by atoms with E-state index in [1.807, 2.05) is 60.8 Å². The fourth-order valence-electron chi connectivity index (χ4n) is 3.17. The minimum absolute atomic E-state index is 0.0650. The lowest BCUT2D eigenvalue weighted by Crippen LogP contribution is -2.33. The summed E-state index contributed by atoms with van der Waals surface area (Å²) in [6.45, 7) is 0. The summed E-state index contributed by atoms with van der Waals surface area (Å²) in [4.78, 5) is 18.4. The maximum absolute atomic E-state index is 13.0. The van der Waals surface area contributed by atoms with Crippen LogP contribution in [0.25, 0.3) is 0 Å². The molecule has 25 heavy (non-hydrogen) atoms. The largest absolute Gasteiger partial charge is 0.345 e. The molecule has 3 aromatic rings. The van der Waals surface area contributed by atoms with E-state index in [2.05, 4.69) is 22.4 Å². The number of hydrogen-bond donors (Lipinski definition) is 1. The van der Waals surface area contributed by atoms with Crippen LogP contribution in [0, 0.1) is 0 Å². The van der Waals surface area contributed by atoms with Crippen LogP contribution < -0.4 is 5.32 Å². The number of amides is 1. The van der Waals surface area contributed by atoms with Crippen molar-refractivity contribution in [3.8, 4) is 0 Å². The Morgan fingerprint density at radius 1 is 1.00 bits per heavy atom. The standard InChI is InChI=1S/C21H18N2OS/c24-21(18-14-25-19-11-5-4-10-17(18)19)23-20(15-7-2-1-3-8-15)16-9-6-12-22-13-16/h1-13,18,20H,14H2,(H,23,24)/t18-,20-/m1/s1. The highest BCUT2D eigenvalue weighted by atomic mass is 32.2. The molecule has 1 aromatic heterocycles. The number of carbonyl (C=O) groups excluding carboxylic acids is 1. The van der Waals surface area contributed by atoms with Crippen molar-refractivity contribution in [2.75, 3.05) is 5.75 Å². The van der Waals surface area contributed by atoms with Crippen LogP contribution in [0.5, 0.6) is 0 Å². The van der Waals surface area contributed by atoms with E-state index >= 15 is 0 Å². The molecule has 0 spiro atoms. The van der Waals surface area contributed by atoms with Gasteiger partial charge in [0.1, 0.15) is 0 Å². The highest BCUT2D eigenvalue weighted by Crippen LogP contribution is 2.39. The first-order chi connectivity index (χ1) is 12.3. The number of fused-ring (bicyclic) bond motifs is 1. The molecule has 2 heterocycles. The van der Waals surface area contributed by atoms with Crippen LogP contribution in [0.1, 0.15) is 28.7 Å². The number of carbonyl (C=O) groups is 1. The van der Waals surface area contributed by atoms with Gasteiger partial charge in [-0.1, -0.05) is 54.6 Å². The van der Waals surface area contributed by atoms with Crippen molar-refractivity contribution in [1.82, 2.24) is 10.3 Å². The Hall–Kier alpha value is -2.59. The van der Waals surface area contributed by atoms with Gasteiger partial charge in [0.15, 0.2) is 0 Å². The molecule has 2 aromatic carbocycles. The van der Waals surface area contributed by atoms with Crippen LogP contribution in [-0.2, 0) is 4.79 Å². The number of aromatic nitrogens is 1. The van der Waals surface area contributed by atoms with Crippen LogP contribution in [0.4, 0.5) is 0 Å². The minimum atomic E-state index is -0.194. The third-order valence-electron chi connectivity index (χ3n) is 4.45. The van der Waals surface area contributed by atoms with E-state index in [1.54, 1.807) is 18.0 Å². The number of benzene rings is 2. The van der Waals surface area contributed by atoms with Crippen LogP contribution >= 0.6 is 11.8 Å². The van der Waals surface area contributed by atoms with Crippen LogP contribution in [0.15, 0.2) is 84.0 Å². The lowest BCUT2D eigenvalue weighted by atomic mass is 9.96. The van der Waals surface area contributed by atoms with Gasteiger partial charge in [-0.25, -0.2) is 0 Å². The summed E-state index contributed by atoms with van der Waals surface area (Å²) < 4.78 is 0. The van der Waals surface area contributed by atoms with E-state index in [1.165, 1.54) is 4.90 Å². The molecule has 1 aliphatic heterocycles. The van der Waals surface area contributed by atoms with E-state index in [4.69, 9.17) is 0 Å². The predicted molar refractivity (Wildman–Crippen MR) is 101 cm³/mol. The Morgan fingerprint density at radius 2 is 1.76 bits per heavy atom. The summed E-state index contributed by atoms with van der Waals surface area (Å²) in [6.07, 6.45) is 3.56. The molecule has 0 aliphatic carbocycles. The Morgan fingerprint density at radius 3 is 2.56 bits per heavy atom. The highest BCUT2D eigenvalue weighted by molar-refractivity contribution is 7.99. The molecule has 124 valence electrons. The zero-order chi connectivity index (χ0) is 17.1. The van der Waals surface area contributed by atoms with Gasteiger partial charge >= 0.3 is 0 Å². The third-order valence-corrected chi connectivity index (χ3v) is 5.64. The Labute approximate surface area is 151 Å². The van der Waals surface area contributed by atoms with Gasteiger partial charge in [-0.05, 0) is 28.8 Å². The molecule has 0 fully saturated rings. The molecule has 1 aliphatic rings. The van der Waals surface area contributed by atoms with Crippen molar-refractivity contribution < 1.29 is 4.79 Å². The van der Waals surface area contributed by atoms with Gasteiger partial charge in [0.2, 0.25) is 5.91 Å². The van der Waals surface area contributed by atoms with Crippen molar-refractivity contribution in [1.29, 1.82) is 0 Å². The molecular formula is C21H18N2OS. The lowest BCUT2D eigenvalue weighted by Gasteiger charge is -2.22. The molecule has 1 N–H and O–H groups in total. The summed E-state index contributed by atoms with van der Waals surface area (Å²) in [6, 6.07) is 21.9. The predicted octanol–water partition coefficient (Wildman–Crippen LogP) is 4.18. The van der Waals surface area contributed by atoms with Crippen LogP contribution in [0.2, 0.25) is 0 Å². The van der Waals surface area contributed by atoms with Gasteiger partial charge in [0.25, 0.3) is 0 Å². The average Bonchev–Trinajstić information content (AvgIpc) is 3.11. The molecular weight excluding hydrogens is 328 g/mol.